The van der Waals surface area contributed by atoms with Gasteiger partial charge in [-0.3, -0.25) is 0 Å². The third-order valence-corrected chi connectivity index (χ3v) is 5.07. The molecule has 1 aliphatic rings. The zero-order valence-corrected chi connectivity index (χ0v) is 15.0. The number of halogens is 1. The molecule has 1 saturated carbocycles. The maximum atomic E-state index is 13.3. The summed E-state index contributed by atoms with van der Waals surface area (Å²) >= 11 is 1.61. The van der Waals surface area contributed by atoms with E-state index in [1.165, 1.54) is 25.0 Å². The lowest BCUT2D eigenvalue weighted by atomic mass is 10.2. The van der Waals surface area contributed by atoms with Crippen LogP contribution in [0.1, 0.15) is 50.2 Å². The van der Waals surface area contributed by atoms with Crippen molar-refractivity contribution in [2.24, 2.45) is 0 Å². The average molecular weight is 358 g/mol. The minimum absolute atomic E-state index is 0.301. The van der Waals surface area contributed by atoms with Gasteiger partial charge in [0.05, 0.1) is 5.69 Å². The Morgan fingerprint density at radius 3 is 2.88 bits per heavy atom. The van der Waals surface area contributed by atoms with E-state index in [1.807, 2.05) is 0 Å². The molecule has 0 saturated heterocycles. The van der Waals surface area contributed by atoms with Gasteiger partial charge in [-0.25, -0.2) is 9.37 Å². The highest BCUT2D eigenvalue weighted by atomic mass is 32.2. The van der Waals surface area contributed by atoms with Crippen LogP contribution in [0, 0.1) is 5.82 Å². The molecule has 1 aromatic carbocycles. The van der Waals surface area contributed by atoms with Gasteiger partial charge in [0.25, 0.3) is 0 Å². The molecule has 0 spiro atoms. The van der Waals surface area contributed by atoms with E-state index < -0.39 is 0 Å². The van der Waals surface area contributed by atoms with E-state index >= 15 is 0 Å². The molecule has 1 aliphatic carbocycles. The molecular formula is C18H19FN4OS. The number of thioether (sulfide) groups is 1. The summed E-state index contributed by atoms with van der Waals surface area (Å²) < 4.78 is 21.1. The van der Waals surface area contributed by atoms with Gasteiger partial charge in [0.15, 0.2) is 5.16 Å². The first kappa shape index (κ1) is 16.3. The van der Waals surface area contributed by atoms with E-state index in [2.05, 4.69) is 33.6 Å². The van der Waals surface area contributed by atoms with Crippen molar-refractivity contribution in [1.82, 2.24) is 19.7 Å². The lowest BCUT2D eigenvalue weighted by Gasteiger charge is -2.10. The van der Waals surface area contributed by atoms with E-state index in [4.69, 9.17) is 4.42 Å². The van der Waals surface area contributed by atoms with Crippen molar-refractivity contribution in [3.63, 3.8) is 0 Å². The second-order valence-electron chi connectivity index (χ2n) is 6.54. The van der Waals surface area contributed by atoms with Gasteiger partial charge in [0.1, 0.15) is 17.9 Å². The molecule has 2 heterocycles. The number of benzene rings is 1. The molecule has 0 aliphatic heterocycles. The van der Waals surface area contributed by atoms with Crippen LogP contribution in [-0.2, 0) is 5.75 Å². The molecular weight excluding hydrogens is 339 g/mol. The number of oxazole rings is 1. The van der Waals surface area contributed by atoms with E-state index in [0.717, 1.165) is 16.7 Å². The first-order valence-electron chi connectivity index (χ1n) is 8.39. The van der Waals surface area contributed by atoms with Crippen LogP contribution in [0.5, 0.6) is 0 Å². The summed E-state index contributed by atoms with van der Waals surface area (Å²) in [5.41, 5.74) is 1.44. The first-order chi connectivity index (χ1) is 12.1. The molecule has 5 nitrogen and oxygen atoms in total. The highest BCUT2D eigenvalue weighted by Gasteiger charge is 2.30. The van der Waals surface area contributed by atoms with E-state index in [1.54, 1.807) is 30.2 Å². The van der Waals surface area contributed by atoms with Crippen LogP contribution in [0.25, 0.3) is 11.5 Å². The summed E-state index contributed by atoms with van der Waals surface area (Å²) in [5, 5.41) is 9.65. The molecule has 0 amide bonds. The van der Waals surface area contributed by atoms with Gasteiger partial charge in [0.2, 0.25) is 5.89 Å². The molecule has 0 N–H and O–H groups in total. The van der Waals surface area contributed by atoms with Crippen LogP contribution in [0.4, 0.5) is 4.39 Å². The summed E-state index contributed by atoms with van der Waals surface area (Å²) in [5.74, 6) is 2.17. The summed E-state index contributed by atoms with van der Waals surface area (Å²) in [4.78, 5) is 4.46. The van der Waals surface area contributed by atoms with Crippen LogP contribution in [0.3, 0.4) is 0 Å². The maximum absolute atomic E-state index is 13.3. The van der Waals surface area contributed by atoms with Crippen molar-refractivity contribution in [2.75, 3.05) is 0 Å². The smallest absolute Gasteiger partial charge is 0.226 e. The molecule has 4 rings (SSSR count). The van der Waals surface area contributed by atoms with Crippen molar-refractivity contribution in [3.8, 4) is 11.5 Å². The van der Waals surface area contributed by atoms with Crippen molar-refractivity contribution < 1.29 is 8.81 Å². The van der Waals surface area contributed by atoms with Crippen molar-refractivity contribution in [2.45, 2.75) is 49.6 Å². The summed E-state index contributed by atoms with van der Waals surface area (Å²) in [6.45, 7) is 4.28. The normalized spacial score (nSPS) is 14.4. The molecule has 7 heteroatoms. The van der Waals surface area contributed by atoms with Gasteiger partial charge in [-0.1, -0.05) is 31.7 Å². The lowest BCUT2D eigenvalue weighted by molar-refractivity contribution is 0.571. The average Bonchev–Trinajstić information content (AvgIpc) is 3.16. The van der Waals surface area contributed by atoms with E-state index in [9.17, 15) is 4.39 Å². The van der Waals surface area contributed by atoms with E-state index in [-0.39, 0.29) is 5.82 Å². The largest absolute Gasteiger partial charge is 0.444 e. The van der Waals surface area contributed by atoms with Crippen molar-refractivity contribution >= 4 is 11.8 Å². The molecule has 0 unspecified atom stereocenters. The predicted octanol–water partition coefficient (Wildman–Crippen LogP) is 4.82. The highest BCUT2D eigenvalue weighted by Crippen LogP contribution is 2.40. The Morgan fingerprint density at radius 1 is 1.32 bits per heavy atom. The molecule has 0 atom stereocenters. The Labute approximate surface area is 149 Å². The first-order valence-corrected chi connectivity index (χ1v) is 9.38. The SMILES string of the molecule is CC(C)c1nnc(SCc2coc(-c3cccc(F)c3)n2)n1C1CC1. The Hall–Kier alpha value is -2.15. The van der Waals surface area contributed by atoms with Gasteiger partial charge in [-0.15, -0.1) is 10.2 Å². The fourth-order valence-corrected chi connectivity index (χ4v) is 3.61. The molecule has 130 valence electrons. The number of hydrogen-bond donors (Lipinski definition) is 0. The monoisotopic (exact) mass is 358 g/mol. The molecule has 0 bridgehead atoms. The summed E-state index contributed by atoms with van der Waals surface area (Å²) in [7, 11) is 0. The Bertz CT molecular complexity index is 885. The second kappa shape index (κ2) is 6.63. The van der Waals surface area contributed by atoms with Crippen LogP contribution >= 0.6 is 11.8 Å². The van der Waals surface area contributed by atoms with Gasteiger partial charge in [-0.2, -0.15) is 0 Å². The maximum Gasteiger partial charge on any atom is 0.226 e. The van der Waals surface area contributed by atoms with Gasteiger partial charge >= 0.3 is 0 Å². The van der Waals surface area contributed by atoms with Crippen molar-refractivity contribution in [1.29, 1.82) is 0 Å². The minimum Gasteiger partial charge on any atom is -0.444 e. The van der Waals surface area contributed by atoms with Crippen molar-refractivity contribution in [3.05, 3.63) is 47.9 Å². The standard InChI is InChI=1S/C18H19FN4OS/c1-11(2)16-21-22-18(23(16)15-6-7-15)25-10-14-9-24-17(20-14)12-4-3-5-13(19)8-12/h3-5,8-9,11,15H,6-7,10H2,1-2H3. The fourth-order valence-electron chi connectivity index (χ4n) is 2.72. The van der Waals surface area contributed by atoms with E-state index in [0.29, 0.717) is 29.2 Å². The summed E-state index contributed by atoms with van der Waals surface area (Å²) in [6.07, 6.45) is 4.01. The fraction of sp³-hybridized carbons (Fsp3) is 0.389. The van der Waals surface area contributed by atoms with Crippen LogP contribution in [-0.4, -0.2) is 19.7 Å². The molecule has 1 fully saturated rings. The number of hydrogen-bond acceptors (Lipinski definition) is 5. The van der Waals surface area contributed by atoms with Crippen LogP contribution in [0.2, 0.25) is 0 Å². The number of nitrogens with zero attached hydrogens (tertiary/aromatic N) is 4. The van der Waals surface area contributed by atoms with Crippen LogP contribution < -0.4 is 0 Å². The third kappa shape index (κ3) is 3.46. The quantitative estimate of drug-likeness (QED) is 0.591. The predicted molar refractivity (Wildman–Crippen MR) is 93.8 cm³/mol. The molecule has 0 radical (unpaired) electrons. The molecule has 2 aromatic heterocycles. The lowest BCUT2D eigenvalue weighted by Crippen LogP contribution is -2.04. The summed E-state index contributed by atoms with van der Waals surface area (Å²) in [6, 6.07) is 6.79. The number of rotatable bonds is 6. The second-order valence-corrected chi connectivity index (χ2v) is 7.48. The third-order valence-electron chi connectivity index (χ3n) is 4.09. The Morgan fingerprint density at radius 2 is 2.16 bits per heavy atom. The highest BCUT2D eigenvalue weighted by molar-refractivity contribution is 7.98. The zero-order valence-electron chi connectivity index (χ0n) is 14.1. The van der Waals surface area contributed by atoms with Gasteiger partial charge in [0, 0.05) is 23.3 Å². The van der Waals surface area contributed by atoms with Gasteiger partial charge in [-0.05, 0) is 31.0 Å². The topological polar surface area (TPSA) is 56.7 Å². The Kier molecular flexibility index (Phi) is 4.33. The minimum atomic E-state index is -0.301. The van der Waals surface area contributed by atoms with Gasteiger partial charge < -0.3 is 8.98 Å². The molecule has 3 aromatic rings. The zero-order chi connectivity index (χ0) is 17.4. The Balaban J connectivity index is 1.49. The molecule has 25 heavy (non-hydrogen) atoms. The number of aromatic nitrogens is 4. The van der Waals surface area contributed by atoms with Crippen LogP contribution in [0.15, 0.2) is 40.1 Å².